The summed E-state index contributed by atoms with van der Waals surface area (Å²) in [6.07, 6.45) is -8.81. The van der Waals surface area contributed by atoms with Gasteiger partial charge in [-0.1, -0.05) is 6.08 Å². The second-order valence-electron chi connectivity index (χ2n) is 5.91. The zero-order valence-electron chi connectivity index (χ0n) is 14.9. The summed E-state index contributed by atoms with van der Waals surface area (Å²) >= 11 is 0. The van der Waals surface area contributed by atoms with Gasteiger partial charge in [-0.2, -0.15) is 26.3 Å². The van der Waals surface area contributed by atoms with Crippen LogP contribution in [0.15, 0.2) is 60.0 Å². The predicted molar refractivity (Wildman–Crippen MR) is 96.2 cm³/mol. The first-order valence-electron chi connectivity index (χ1n) is 8.05. The number of amides is 1. The number of benzene rings is 2. The van der Waals surface area contributed by atoms with Crippen molar-refractivity contribution in [3.63, 3.8) is 0 Å². The molecule has 0 aromatic heterocycles. The highest BCUT2D eigenvalue weighted by Crippen LogP contribution is 2.37. The van der Waals surface area contributed by atoms with Crippen LogP contribution in [0.2, 0.25) is 0 Å². The summed E-state index contributed by atoms with van der Waals surface area (Å²) in [6.45, 7) is 3.32. The van der Waals surface area contributed by atoms with E-state index < -0.39 is 45.1 Å². The van der Waals surface area contributed by atoms with E-state index in [1.54, 1.807) is 0 Å². The number of rotatable bonds is 6. The number of carbonyl (C=O) groups excluding carboxylic acids is 1. The van der Waals surface area contributed by atoms with Gasteiger partial charge in [0.2, 0.25) is 10.0 Å². The number of nitrogens with one attached hydrogen (secondary N) is 2. The molecule has 1 amide bonds. The summed E-state index contributed by atoms with van der Waals surface area (Å²) in [5.74, 6) is -1.02. The Morgan fingerprint density at radius 2 is 1.43 bits per heavy atom. The lowest BCUT2D eigenvalue weighted by Gasteiger charge is -2.15. The molecule has 0 radical (unpaired) electrons. The highest BCUT2D eigenvalue weighted by atomic mass is 32.2. The number of hydrogen-bond donors (Lipinski definition) is 2. The molecular weight excluding hydrogens is 438 g/mol. The Labute approximate surface area is 167 Å². The first-order valence-corrected chi connectivity index (χ1v) is 9.54. The van der Waals surface area contributed by atoms with Crippen LogP contribution in [0.5, 0.6) is 0 Å². The van der Waals surface area contributed by atoms with Crippen molar-refractivity contribution in [1.29, 1.82) is 0 Å². The summed E-state index contributed by atoms with van der Waals surface area (Å²) in [5.41, 5.74) is -4.06. The van der Waals surface area contributed by atoms with Crippen molar-refractivity contribution >= 4 is 21.6 Å². The Morgan fingerprint density at radius 1 is 0.933 bits per heavy atom. The molecule has 0 unspecified atom stereocenters. The first kappa shape index (κ1) is 23.4. The maximum absolute atomic E-state index is 12.9. The quantitative estimate of drug-likeness (QED) is 0.503. The van der Waals surface area contributed by atoms with Crippen molar-refractivity contribution in [3.05, 3.63) is 71.8 Å². The van der Waals surface area contributed by atoms with Gasteiger partial charge in [0.25, 0.3) is 5.91 Å². The first-order chi connectivity index (χ1) is 13.7. The Kier molecular flexibility index (Phi) is 6.62. The maximum atomic E-state index is 12.9. The van der Waals surface area contributed by atoms with E-state index in [9.17, 15) is 39.6 Å². The largest absolute Gasteiger partial charge is 0.416 e. The third kappa shape index (κ3) is 5.83. The van der Waals surface area contributed by atoms with Gasteiger partial charge in [-0.05, 0) is 42.5 Å². The van der Waals surface area contributed by atoms with Crippen LogP contribution < -0.4 is 10.0 Å². The van der Waals surface area contributed by atoms with Crippen LogP contribution >= 0.6 is 0 Å². The van der Waals surface area contributed by atoms with E-state index in [1.807, 2.05) is 5.32 Å². The molecule has 0 bridgehead atoms. The van der Waals surface area contributed by atoms with E-state index in [4.69, 9.17) is 0 Å². The smallest absolute Gasteiger partial charge is 0.322 e. The van der Waals surface area contributed by atoms with Crippen LogP contribution in [0, 0.1) is 0 Å². The molecule has 0 fully saturated rings. The van der Waals surface area contributed by atoms with Crippen LogP contribution in [0.25, 0.3) is 0 Å². The normalized spacial score (nSPS) is 12.5. The van der Waals surface area contributed by atoms with Crippen molar-refractivity contribution in [2.24, 2.45) is 0 Å². The minimum Gasteiger partial charge on any atom is -0.322 e. The number of carbonyl (C=O) groups is 1. The number of halogens is 6. The Morgan fingerprint density at radius 3 is 1.87 bits per heavy atom. The van der Waals surface area contributed by atoms with Crippen LogP contribution in [0.3, 0.4) is 0 Å². The fourth-order valence-electron chi connectivity index (χ4n) is 2.27. The van der Waals surface area contributed by atoms with Crippen LogP contribution in [-0.2, 0) is 22.4 Å². The predicted octanol–water partition coefficient (Wildman–Crippen LogP) is 4.44. The van der Waals surface area contributed by atoms with E-state index in [1.165, 1.54) is 6.08 Å². The van der Waals surface area contributed by atoms with Crippen molar-refractivity contribution in [2.75, 3.05) is 11.9 Å². The molecule has 0 aliphatic heterocycles. The molecule has 162 valence electrons. The molecule has 0 aliphatic carbocycles. The van der Waals surface area contributed by atoms with Gasteiger partial charge in [0.15, 0.2) is 0 Å². The van der Waals surface area contributed by atoms with Crippen LogP contribution in [0.1, 0.15) is 21.5 Å². The summed E-state index contributed by atoms with van der Waals surface area (Å²) < 4.78 is 103. The van der Waals surface area contributed by atoms with Gasteiger partial charge < -0.3 is 5.32 Å². The van der Waals surface area contributed by atoms with Gasteiger partial charge in [-0.25, -0.2) is 13.1 Å². The topological polar surface area (TPSA) is 75.3 Å². The lowest BCUT2D eigenvalue weighted by Crippen LogP contribution is -2.23. The molecule has 2 aromatic carbocycles. The fourth-order valence-corrected chi connectivity index (χ4v) is 3.27. The number of hydrogen-bond acceptors (Lipinski definition) is 3. The molecule has 0 aliphatic rings. The highest BCUT2D eigenvalue weighted by Gasteiger charge is 2.37. The maximum Gasteiger partial charge on any atom is 0.416 e. The van der Waals surface area contributed by atoms with Gasteiger partial charge in [0.05, 0.1) is 16.0 Å². The van der Waals surface area contributed by atoms with Crippen molar-refractivity contribution < 1.29 is 39.6 Å². The molecule has 2 aromatic rings. The summed E-state index contributed by atoms with van der Waals surface area (Å²) in [6, 6.07) is 4.93. The van der Waals surface area contributed by atoms with Crippen LogP contribution in [0.4, 0.5) is 32.0 Å². The van der Waals surface area contributed by atoms with Crippen molar-refractivity contribution in [3.8, 4) is 0 Å². The molecule has 5 nitrogen and oxygen atoms in total. The third-order valence-electron chi connectivity index (χ3n) is 3.69. The molecule has 12 heteroatoms. The van der Waals surface area contributed by atoms with E-state index in [2.05, 4.69) is 11.3 Å². The molecule has 2 rings (SSSR count). The number of anilines is 1. The van der Waals surface area contributed by atoms with Gasteiger partial charge in [0, 0.05) is 17.8 Å². The average molecular weight is 452 g/mol. The average Bonchev–Trinajstić information content (AvgIpc) is 2.65. The van der Waals surface area contributed by atoms with Gasteiger partial charge in [-0.15, -0.1) is 6.58 Å². The number of sulfonamides is 1. The third-order valence-corrected chi connectivity index (χ3v) is 5.13. The molecule has 30 heavy (non-hydrogen) atoms. The molecule has 0 saturated carbocycles. The monoisotopic (exact) mass is 452 g/mol. The van der Waals surface area contributed by atoms with Crippen LogP contribution in [-0.4, -0.2) is 20.9 Å². The summed E-state index contributed by atoms with van der Waals surface area (Å²) in [4.78, 5) is 12.0. The van der Waals surface area contributed by atoms with Gasteiger partial charge in [0.1, 0.15) is 0 Å². The van der Waals surface area contributed by atoms with E-state index >= 15 is 0 Å². The Balaban J connectivity index is 2.30. The van der Waals surface area contributed by atoms with E-state index in [-0.39, 0.29) is 23.1 Å². The summed E-state index contributed by atoms with van der Waals surface area (Å²) in [7, 11) is -3.87. The fraction of sp³-hybridized carbons (Fsp3) is 0.167. The second-order valence-corrected chi connectivity index (χ2v) is 7.68. The minimum absolute atomic E-state index is 0.0400. The molecule has 0 saturated heterocycles. The zero-order valence-corrected chi connectivity index (χ0v) is 15.8. The highest BCUT2D eigenvalue weighted by molar-refractivity contribution is 7.89. The Bertz CT molecular complexity index is 1010. The minimum atomic E-state index is -5.06. The van der Waals surface area contributed by atoms with Crippen molar-refractivity contribution in [1.82, 2.24) is 4.72 Å². The standard InChI is InChI=1S/C18H14F6N2O3S/c1-2-7-25-30(28,29)15-5-3-11(4-6-15)16(27)26-14-9-12(17(19,20)21)8-13(10-14)18(22,23)24/h2-6,8-10,25H,1,7H2,(H,26,27). The van der Waals surface area contributed by atoms with Gasteiger partial charge in [-0.3, -0.25) is 4.79 Å². The lowest BCUT2D eigenvalue weighted by molar-refractivity contribution is -0.143. The summed E-state index contributed by atoms with van der Waals surface area (Å²) in [5, 5.41) is 1.96. The molecule has 2 N–H and O–H groups in total. The SMILES string of the molecule is C=CCNS(=O)(=O)c1ccc(C(=O)Nc2cc(C(F)(F)F)cc(C(F)(F)F)c2)cc1. The molecule has 0 heterocycles. The molecule has 0 atom stereocenters. The number of alkyl halides is 6. The Hall–Kier alpha value is -2.86. The molecule has 0 spiro atoms. The second kappa shape index (κ2) is 8.48. The van der Waals surface area contributed by atoms with Crippen molar-refractivity contribution in [2.45, 2.75) is 17.2 Å². The molecular formula is C18H14F6N2O3S. The lowest BCUT2D eigenvalue weighted by atomic mass is 10.1. The zero-order chi connectivity index (χ0) is 22.7. The van der Waals surface area contributed by atoms with E-state index in [0.29, 0.717) is 12.1 Å². The van der Waals surface area contributed by atoms with Gasteiger partial charge >= 0.3 is 12.4 Å². The van der Waals surface area contributed by atoms with E-state index in [0.717, 1.165) is 24.3 Å².